The van der Waals surface area contributed by atoms with E-state index in [4.69, 9.17) is 4.74 Å². The summed E-state index contributed by atoms with van der Waals surface area (Å²) in [6.07, 6.45) is 11.2. The van der Waals surface area contributed by atoms with Gasteiger partial charge in [-0.15, -0.1) is 11.3 Å². The zero-order valence-corrected chi connectivity index (χ0v) is 28.1. The smallest absolute Gasteiger partial charge is 0.302 e. The van der Waals surface area contributed by atoms with E-state index in [0.717, 1.165) is 72.4 Å². The lowest BCUT2D eigenvalue weighted by molar-refractivity contribution is -0.142. The molecule has 1 saturated heterocycles. The molecule has 244 valence electrons. The summed E-state index contributed by atoms with van der Waals surface area (Å²) in [7, 11) is 3.88. The van der Waals surface area contributed by atoms with Gasteiger partial charge in [0.2, 0.25) is 0 Å². The fourth-order valence-corrected chi connectivity index (χ4v) is 8.71. The van der Waals surface area contributed by atoms with E-state index in [1.165, 1.54) is 41.3 Å². The highest BCUT2D eigenvalue weighted by Crippen LogP contribution is 2.41. The monoisotopic (exact) mass is 651 g/mol. The number of amides is 1. The third-order valence-electron chi connectivity index (χ3n) is 9.90. The van der Waals surface area contributed by atoms with E-state index in [9.17, 15) is 14.4 Å². The van der Waals surface area contributed by atoms with Crippen molar-refractivity contribution in [2.24, 2.45) is 7.05 Å². The molecule has 1 aliphatic carbocycles. The number of aromatic nitrogens is 2. The second-order valence-electron chi connectivity index (χ2n) is 13.0. The van der Waals surface area contributed by atoms with Crippen molar-refractivity contribution in [3.63, 3.8) is 0 Å². The summed E-state index contributed by atoms with van der Waals surface area (Å²) < 4.78 is 7.11. The predicted molar refractivity (Wildman–Crippen MR) is 186 cm³/mol. The minimum Gasteiger partial charge on any atom is -0.461 e. The van der Waals surface area contributed by atoms with Crippen LogP contribution in [0.4, 0.5) is 17.2 Å². The number of anilines is 3. The average molecular weight is 652 g/mol. The lowest BCUT2D eigenvalue weighted by Crippen LogP contribution is -2.37. The second kappa shape index (κ2) is 13.1. The zero-order chi connectivity index (χ0) is 32.7. The summed E-state index contributed by atoms with van der Waals surface area (Å²) in [5.41, 5.74) is 7.05. The SMILES string of the molecule is CC(=O)OCc1c(-c2cc(Nc3ccc(C4CCN(C)CC4)cn3)c(=O)n(C)c2)cccc1N1CCc2c(sc3c2CCCC3)C1=O. The second-order valence-corrected chi connectivity index (χ2v) is 14.2. The van der Waals surface area contributed by atoms with Crippen molar-refractivity contribution in [2.75, 3.05) is 36.9 Å². The molecule has 1 N–H and O–H groups in total. The van der Waals surface area contributed by atoms with Gasteiger partial charge in [-0.25, -0.2) is 4.98 Å². The molecule has 0 unspecified atom stereocenters. The number of aryl methyl sites for hydroxylation is 2. The van der Waals surface area contributed by atoms with Crippen molar-refractivity contribution >= 4 is 40.4 Å². The lowest BCUT2D eigenvalue weighted by atomic mass is 9.91. The van der Waals surface area contributed by atoms with Gasteiger partial charge in [0.05, 0.1) is 10.6 Å². The number of carbonyl (C=O) groups is 2. The molecule has 2 aliphatic heterocycles. The van der Waals surface area contributed by atoms with E-state index < -0.39 is 5.97 Å². The molecule has 7 rings (SSSR count). The maximum Gasteiger partial charge on any atom is 0.302 e. The maximum atomic E-state index is 14.0. The largest absolute Gasteiger partial charge is 0.461 e. The van der Waals surface area contributed by atoms with Crippen LogP contribution in [0.15, 0.2) is 53.6 Å². The van der Waals surface area contributed by atoms with E-state index in [1.54, 1.807) is 29.1 Å². The van der Waals surface area contributed by atoms with Crippen LogP contribution < -0.4 is 15.8 Å². The number of pyridine rings is 2. The minimum absolute atomic E-state index is 0.00396. The van der Waals surface area contributed by atoms with Gasteiger partial charge in [-0.3, -0.25) is 14.4 Å². The molecule has 9 nitrogen and oxygen atoms in total. The Morgan fingerprint density at radius 3 is 2.60 bits per heavy atom. The van der Waals surface area contributed by atoms with Gasteiger partial charge in [-0.2, -0.15) is 0 Å². The van der Waals surface area contributed by atoms with Crippen LogP contribution in [0.2, 0.25) is 0 Å². The molecular weight excluding hydrogens is 611 g/mol. The van der Waals surface area contributed by atoms with Crippen LogP contribution in [0.3, 0.4) is 0 Å². The predicted octanol–water partition coefficient (Wildman–Crippen LogP) is 6.21. The Morgan fingerprint density at radius 2 is 1.83 bits per heavy atom. The number of ether oxygens (including phenoxy) is 1. The molecule has 10 heteroatoms. The van der Waals surface area contributed by atoms with Crippen LogP contribution in [-0.4, -0.2) is 53.0 Å². The van der Waals surface area contributed by atoms with E-state index >= 15 is 0 Å². The van der Waals surface area contributed by atoms with Crippen LogP contribution >= 0.6 is 11.3 Å². The summed E-state index contributed by atoms with van der Waals surface area (Å²) in [4.78, 5) is 50.4. The Morgan fingerprint density at radius 1 is 1.02 bits per heavy atom. The van der Waals surface area contributed by atoms with Crippen molar-refractivity contribution in [2.45, 2.75) is 64.4 Å². The fraction of sp³-hybridized carbons (Fsp3) is 0.405. The zero-order valence-electron chi connectivity index (χ0n) is 27.3. The first-order valence-electron chi connectivity index (χ1n) is 16.6. The molecule has 3 aliphatic rings. The standard InChI is InChI=1S/C37H41N5O4S/c1-23(43)46-22-30-27(8-6-9-32(30)42-18-15-29-28-7-4-5-10-33(28)47-35(29)37(42)45)26-19-31(36(44)41(3)21-26)39-34-12-11-25(20-38-34)24-13-16-40(2)17-14-24/h6,8-9,11-12,19-21,24H,4-5,7,10,13-18,22H2,1-3H3,(H,38,39). The third kappa shape index (κ3) is 6.24. The van der Waals surface area contributed by atoms with Crippen molar-refractivity contribution in [3.05, 3.63) is 91.2 Å². The Balaban J connectivity index is 1.21. The number of thiophene rings is 1. The van der Waals surface area contributed by atoms with Gasteiger partial charge >= 0.3 is 5.97 Å². The molecule has 0 radical (unpaired) electrons. The highest BCUT2D eigenvalue weighted by molar-refractivity contribution is 7.14. The Kier molecular flexibility index (Phi) is 8.72. The van der Waals surface area contributed by atoms with Crippen LogP contribution in [0.5, 0.6) is 0 Å². The van der Waals surface area contributed by atoms with Gasteiger partial charge in [0, 0.05) is 48.9 Å². The molecule has 1 aromatic carbocycles. The minimum atomic E-state index is -0.401. The van der Waals surface area contributed by atoms with Gasteiger partial charge < -0.3 is 24.4 Å². The summed E-state index contributed by atoms with van der Waals surface area (Å²) in [5.74, 6) is 0.694. The molecular formula is C37H41N5O4S. The van der Waals surface area contributed by atoms with Crippen molar-refractivity contribution in [1.29, 1.82) is 0 Å². The first-order valence-corrected chi connectivity index (χ1v) is 17.4. The summed E-state index contributed by atoms with van der Waals surface area (Å²) >= 11 is 1.65. The molecule has 0 saturated carbocycles. The lowest BCUT2D eigenvalue weighted by Gasteiger charge is -2.30. The molecule has 0 bridgehead atoms. The molecule has 47 heavy (non-hydrogen) atoms. The van der Waals surface area contributed by atoms with Gasteiger partial charge in [0.1, 0.15) is 18.1 Å². The molecule has 0 spiro atoms. The highest BCUT2D eigenvalue weighted by Gasteiger charge is 2.33. The van der Waals surface area contributed by atoms with E-state index in [1.807, 2.05) is 41.4 Å². The third-order valence-corrected chi connectivity index (χ3v) is 11.2. The number of hydrogen-bond acceptors (Lipinski definition) is 8. The van der Waals surface area contributed by atoms with E-state index in [-0.39, 0.29) is 18.1 Å². The number of hydrogen-bond donors (Lipinski definition) is 1. The van der Waals surface area contributed by atoms with Crippen molar-refractivity contribution < 1.29 is 14.3 Å². The Hall–Kier alpha value is -4.28. The molecule has 3 aromatic heterocycles. The van der Waals surface area contributed by atoms with Crippen LogP contribution in [0.25, 0.3) is 11.1 Å². The van der Waals surface area contributed by atoms with Crippen LogP contribution in [0, 0.1) is 0 Å². The number of likely N-dealkylation sites (tertiary alicyclic amines) is 1. The highest BCUT2D eigenvalue weighted by atomic mass is 32.1. The van der Waals surface area contributed by atoms with E-state index in [2.05, 4.69) is 28.3 Å². The van der Waals surface area contributed by atoms with Gasteiger partial charge in [-0.05, 0) is 111 Å². The first kappa shape index (κ1) is 31.3. The molecule has 0 atom stereocenters. The van der Waals surface area contributed by atoms with Crippen LogP contribution in [0.1, 0.15) is 75.3 Å². The van der Waals surface area contributed by atoms with Gasteiger partial charge in [0.25, 0.3) is 11.5 Å². The number of benzene rings is 1. The maximum absolute atomic E-state index is 14.0. The van der Waals surface area contributed by atoms with Gasteiger partial charge in [-0.1, -0.05) is 18.2 Å². The van der Waals surface area contributed by atoms with Crippen LogP contribution in [-0.2, 0) is 42.4 Å². The van der Waals surface area contributed by atoms with Crippen molar-refractivity contribution in [3.8, 4) is 11.1 Å². The number of carbonyl (C=O) groups excluding carboxylic acids is 2. The topological polar surface area (TPSA) is 96.8 Å². The number of nitrogens with zero attached hydrogens (tertiary/aromatic N) is 4. The molecule has 1 amide bonds. The first-order chi connectivity index (χ1) is 22.8. The summed E-state index contributed by atoms with van der Waals surface area (Å²) in [6.45, 7) is 4.11. The van der Waals surface area contributed by atoms with Gasteiger partial charge in [0.15, 0.2) is 0 Å². The number of rotatable bonds is 7. The molecule has 1 fully saturated rings. The quantitative estimate of drug-likeness (QED) is 0.238. The van der Waals surface area contributed by atoms with Crippen molar-refractivity contribution in [1.82, 2.24) is 14.5 Å². The number of esters is 1. The summed E-state index contributed by atoms with van der Waals surface area (Å²) in [5, 5.41) is 3.25. The Labute approximate surface area is 279 Å². The number of nitrogens with one attached hydrogen (secondary N) is 1. The Bertz CT molecular complexity index is 1890. The average Bonchev–Trinajstić information content (AvgIpc) is 3.46. The number of piperidine rings is 1. The summed E-state index contributed by atoms with van der Waals surface area (Å²) in [6, 6.07) is 11.6. The van der Waals surface area contributed by atoms with E-state index in [0.29, 0.717) is 24.0 Å². The molecule has 4 aromatic rings. The number of fused-ring (bicyclic) bond motifs is 3. The fourth-order valence-electron chi connectivity index (χ4n) is 7.32. The molecule has 5 heterocycles. The normalized spacial score (nSPS) is 16.9.